The Hall–Kier alpha value is -2.88. The average Bonchev–Trinajstić information content (AvgIpc) is 2.58. The first-order valence-corrected chi connectivity index (χ1v) is 8.14. The van der Waals surface area contributed by atoms with E-state index in [1.807, 2.05) is 57.2 Å². The van der Waals surface area contributed by atoms with Crippen molar-refractivity contribution in [3.63, 3.8) is 0 Å². The molecule has 0 atom stereocenters. The first-order chi connectivity index (χ1) is 11.8. The molecule has 0 saturated heterocycles. The van der Waals surface area contributed by atoms with E-state index < -0.39 is 11.0 Å². The lowest BCUT2D eigenvalue weighted by atomic mass is 9.91. The molecule has 1 aromatic heterocycles. The maximum Gasteiger partial charge on any atom is 0.336 e. The standard InChI is InChI=1S/C21H20O4/c1-21(2,3)19(22)13-24-15-9-10-16-17(14-7-5-4-6-8-14)12-20(23)25-18(16)11-15/h4-12H,13H2,1-3H3. The van der Waals surface area contributed by atoms with Gasteiger partial charge < -0.3 is 9.15 Å². The van der Waals surface area contributed by atoms with Crippen LogP contribution in [0.2, 0.25) is 0 Å². The van der Waals surface area contributed by atoms with E-state index in [4.69, 9.17) is 9.15 Å². The van der Waals surface area contributed by atoms with Gasteiger partial charge in [-0.15, -0.1) is 0 Å². The third kappa shape index (κ3) is 3.79. The van der Waals surface area contributed by atoms with Gasteiger partial charge in [-0.3, -0.25) is 4.79 Å². The number of carbonyl (C=O) groups excluding carboxylic acids is 1. The Kier molecular flexibility index (Phi) is 4.45. The molecule has 0 radical (unpaired) electrons. The van der Waals surface area contributed by atoms with Crippen molar-refractivity contribution in [3.05, 3.63) is 65.0 Å². The van der Waals surface area contributed by atoms with Crippen LogP contribution in [0.4, 0.5) is 0 Å². The molecule has 0 amide bonds. The number of ketones is 1. The lowest BCUT2D eigenvalue weighted by Gasteiger charge is -2.16. The summed E-state index contributed by atoms with van der Waals surface area (Å²) in [7, 11) is 0. The van der Waals surface area contributed by atoms with Crippen molar-refractivity contribution in [2.45, 2.75) is 20.8 Å². The van der Waals surface area contributed by atoms with Gasteiger partial charge in [0.2, 0.25) is 0 Å². The topological polar surface area (TPSA) is 56.5 Å². The Morgan fingerprint density at radius 3 is 2.44 bits per heavy atom. The van der Waals surface area contributed by atoms with Crippen LogP contribution in [0.5, 0.6) is 5.75 Å². The number of Topliss-reactive ketones (excluding diaryl/α,β-unsaturated/α-hetero) is 1. The van der Waals surface area contributed by atoms with Crippen LogP contribution in [0.25, 0.3) is 22.1 Å². The van der Waals surface area contributed by atoms with Gasteiger partial charge in [0.15, 0.2) is 5.78 Å². The molecule has 3 rings (SSSR count). The van der Waals surface area contributed by atoms with E-state index >= 15 is 0 Å². The third-order valence-corrected chi connectivity index (χ3v) is 4.01. The summed E-state index contributed by atoms with van der Waals surface area (Å²) in [5.74, 6) is 0.505. The monoisotopic (exact) mass is 336 g/mol. The number of fused-ring (bicyclic) bond motifs is 1. The van der Waals surface area contributed by atoms with Crippen LogP contribution in [0.1, 0.15) is 20.8 Å². The number of ether oxygens (including phenoxy) is 1. The molecule has 0 saturated carbocycles. The minimum absolute atomic E-state index is 0.00656. The number of rotatable bonds is 4. The first kappa shape index (κ1) is 17.0. The van der Waals surface area contributed by atoms with Gasteiger partial charge >= 0.3 is 5.63 Å². The summed E-state index contributed by atoms with van der Waals surface area (Å²) in [5, 5.41) is 0.820. The van der Waals surface area contributed by atoms with Crippen LogP contribution in [0, 0.1) is 5.41 Å². The molecule has 25 heavy (non-hydrogen) atoms. The highest BCUT2D eigenvalue weighted by molar-refractivity contribution is 5.93. The molecule has 0 N–H and O–H groups in total. The fourth-order valence-electron chi connectivity index (χ4n) is 2.45. The molecule has 0 bridgehead atoms. The third-order valence-electron chi connectivity index (χ3n) is 4.01. The van der Waals surface area contributed by atoms with Crippen LogP contribution in [0.3, 0.4) is 0 Å². The normalized spacial score (nSPS) is 11.5. The quantitative estimate of drug-likeness (QED) is 0.660. The summed E-state index contributed by atoms with van der Waals surface area (Å²) >= 11 is 0. The number of carbonyl (C=O) groups is 1. The van der Waals surface area contributed by atoms with E-state index in [0.717, 1.165) is 16.5 Å². The minimum Gasteiger partial charge on any atom is -0.486 e. The van der Waals surface area contributed by atoms with Gasteiger partial charge in [-0.05, 0) is 23.3 Å². The second kappa shape index (κ2) is 6.55. The van der Waals surface area contributed by atoms with E-state index in [1.54, 1.807) is 12.1 Å². The molecular weight excluding hydrogens is 316 g/mol. The highest BCUT2D eigenvalue weighted by atomic mass is 16.5. The van der Waals surface area contributed by atoms with Crippen molar-refractivity contribution < 1.29 is 13.9 Å². The maximum atomic E-state index is 12.0. The van der Waals surface area contributed by atoms with Gasteiger partial charge in [-0.25, -0.2) is 4.79 Å². The van der Waals surface area contributed by atoms with Crippen molar-refractivity contribution in [1.29, 1.82) is 0 Å². The first-order valence-electron chi connectivity index (χ1n) is 8.14. The Bertz CT molecular complexity index is 963. The van der Waals surface area contributed by atoms with Gasteiger partial charge in [0.25, 0.3) is 0 Å². The second-order valence-corrected chi connectivity index (χ2v) is 6.96. The molecule has 0 unspecified atom stereocenters. The fraction of sp³-hybridized carbons (Fsp3) is 0.238. The lowest BCUT2D eigenvalue weighted by Crippen LogP contribution is -2.26. The molecule has 3 aromatic rings. The summed E-state index contributed by atoms with van der Waals surface area (Å²) in [5.41, 5.74) is 1.31. The van der Waals surface area contributed by atoms with Crippen LogP contribution >= 0.6 is 0 Å². The Labute approximate surface area is 146 Å². The van der Waals surface area contributed by atoms with Crippen LogP contribution in [-0.4, -0.2) is 12.4 Å². The van der Waals surface area contributed by atoms with Gasteiger partial charge in [-0.1, -0.05) is 51.1 Å². The van der Waals surface area contributed by atoms with Gasteiger partial charge in [0, 0.05) is 22.9 Å². The minimum atomic E-state index is -0.454. The predicted molar refractivity (Wildman–Crippen MR) is 97.9 cm³/mol. The molecule has 0 aliphatic heterocycles. The van der Waals surface area contributed by atoms with Gasteiger partial charge in [0.1, 0.15) is 17.9 Å². The summed E-state index contributed by atoms with van der Waals surface area (Å²) < 4.78 is 10.9. The molecule has 0 spiro atoms. The molecule has 4 nitrogen and oxygen atoms in total. The Morgan fingerprint density at radius 1 is 1.04 bits per heavy atom. The zero-order chi connectivity index (χ0) is 18.0. The van der Waals surface area contributed by atoms with Gasteiger partial charge in [-0.2, -0.15) is 0 Å². The highest BCUT2D eigenvalue weighted by Crippen LogP contribution is 2.29. The van der Waals surface area contributed by atoms with Crippen molar-refractivity contribution in [3.8, 4) is 16.9 Å². The lowest BCUT2D eigenvalue weighted by molar-refractivity contribution is -0.128. The van der Waals surface area contributed by atoms with Crippen molar-refractivity contribution in [1.82, 2.24) is 0 Å². The van der Waals surface area contributed by atoms with Crippen LogP contribution in [-0.2, 0) is 4.79 Å². The molecule has 0 aliphatic rings. The van der Waals surface area contributed by atoms with Crippen molar-refractivity contribution in [2.24, 2.45) is 5.41 Å². The van der Waals surface area contributed by atoms with Crippen LogP contribution < -0.4 is 10.4 Å². The predicted octanol–water partition coefficient (Wildman–Crippen LogP) is 4.45. The SMILES string of the molecule is CC(C)(C)C(=O)COc1ccc2c(-c3ccccc3)cc(=O)oc2c1. The molecule has 0 aliphatic carbocycles. The summed E-state index contributed by atoms with van der Waals surface area (Å²) in [6.07, 6.45) is 0. The van der Waals surface area contributed by atoms with Gasteiger partial charge in [0.05, 0.1) is 0 Å². The number of hydrogen-bond donors (Lipinski definition) is 0. The molecule has 4 heteroatoms. The molecule has 0 fully saturated rings. The Balaban J connectivity index is 1.96. The molecular formula is C21H20O4. The summed E-state index contributed by atoms with van der Waals surface area (Å²) in [6, 6.07) is 16.4. The van der Waals surface area contributed by atoms with E-state index in [0.29, 0.717) is 11.3 Å². The largest absolute Gasteiger partial charge is 0.486 e. The van der Waals surface area contributed by atoms with Crippen molar-refractivity contribution >= 4 is 16.8 Å². The summed E-state index contributed by atoms with van der Waals surface area (Å²) in [4.78, 5) is 23.9. The summed E-state index contributed by atoms with van der Waals surface area (Å²) in [6.45, 7) is 5.54. The average molecular weight is 336 g/mol. The Morgan fingerprint density at radius 2 is 1.76 bits per heavy atom. The molecule has 2 aromatic carbocycles. The van der Waals surface area contributed by atoms with Crippen molar-refractivity contribution in [2.75, 3.05) is 6.61 Å². The highest BCUT2D eigenvalue weighted by Gasteiger charge is 2.21. The van der Waals surface area contributed by atoms with E-state index in [1.165, 1.54) is 6.07 Å². The van der Waals surface area contributed by atoms with E-state index in [2.05, 4.69) is 0 Å². The van der Waals surface area contributed by atoms with E-state index in [-0.39, 0.29) is 12.4 Å². The number of hydrogen-bond acceptors (Lipinski definition) is 4. The maximum absolute atomic E-state index is 12.0. The zero-order valence-electron chi connectivity index (χ0n) is 14.5. The fourth-order valence-corrected chi connectivity index (χ4v) is 2.45. The second-order valence-electron chi connectivity index (χ2n) is 6.96. The number of benzene rings is 2. The smallest absolute Gasteiger partial charge is 0.336 e. The molecule has 1 heterocycles. The van der Waals surface area contributed by atoms with Crippen LogP contribution in [0.15, 0.2) is 63.8 Å². The molecule has 128 valence electrons. The zero-order valence-corrected chi connectivity index (χ0v) is 14.5. The van der Waals surface area contributed by atoms with E-state index in [9.17, 15) is 9.59 Å².